The number of benzene rings is 2. The summed E-state index contributed by atoms with van der Waals surface area (Å²) < 4.78 is 13.8. The fourth-order valence-corrected chi connectivity index (χ4v) is 2.57. The molecule has 1 aliphatic heterocycles. The number of carbonyl (C=O) groups is 2. The molecule has 1 atom stereocenters. The molecule has 0 radical (unpaired) electrons. The molecule has 5 heteroatoms. The smallest absolute Gasteiger partial charge is 0.256 e. The molecule has 1 aliphatic rings. The summed E-state index contributed by atoms with van der Waals surface area (Å²) in [4.78, 5) is 25.5. The fraction of sp³-hybridized carbons (Fsp3) is 0.176. The normalized spacial score (nSPS) is 17.9. The maximum absolute atomic E-state index is 13.8. The largest absolute Gasteiger partial charge is 0.373 e. The Kier molecular flexibility index (Phi) is 3.63. The number of hydrogen-bond acceptors (Lipinski definition) is 3. The van der Waals surface area contributed by atoms with E-state index in [4.69, 9.17) is 0 Å². The Labute approximate surface area is 127 Å². The lowest BCUT2D eigenvalue weighted by atomic mass is 10.2. The van der Waals surface area contributed by atoms with E-state index in [0.29, 0.717) is 0 Å². The molecule has 1 N–H and O–H groups in total. The first-order chi connectivity index (χ1) is 10.6. The van der Waals surface area contributed by atoms with Crippen molar-refractivity contribution in [3.8, 4) is 0 Å². The molecule has 1 heterocycles. The molecular formula is C17H15FN2O2. The van der Waals surface area contributed by atoms with E-state index in [1.165, 1.54) is 18.2 Å². The van der Waals surface area contributed by atoms with Crippen LogP contribution in [0.1, 0.15) is 12.0 Å². The van der Waals surface area contributed by atoms with E-state index in [2.05, 4.69) is 5.32 Å². The van der Waals surface area contributed by atoms with Crippen LogP contribution in [0.5, 0.6) is 0 Å². The van der Waals surface area contributed by atoms with Crippen molar-refractivity contribution in [2.24, 2.45) is 0 Å². The maximum Gasteiger partial charge on any atom is 0.256 e. The third-order valence-electron chi connectivity index (χ3n) is 3.60. The van der Waals surface area contributed by atoms with Crippen molar-refractivity contribution < 1.29 is 14.0 Å². The third-order valence-corrected chi connectivity index (χ3v) is 3.60. The van der Waals surface area contributed by atoms with Crippen molar-refractivity contribution >= 4 is 23.2 Å². The summed E-state index contributed by atoms with van der Waals surface area (Å²) >= 11 is 0. The summed E-state index contributed by atoms with van der Waals surface area (Å²) in [7, 11) is 0. The molecule has 22 heavy (non-hydrogen) atoms. The molecule has 2 aromatic carbocycles. The zero-order valence-electron chi connectivity index (χ0n) is 12.0. The highest BCUT2D eigenvalue weighted by Gasteiger charge is 2.40. The maximum atomic E-state index is 13.8. The first-order valence-corrected chi connectivity index (χ1v) is 7.01. The zero-order chi connectivity index (χ0) is 15.7. The van der Waals surface area contributed by atoms with Gasteiger partial charge in [-0.2, -0.15) is 0 Å². The van der Waals surface area contributed by atoms with E-state index in [9.17, 15) is 14.0 Å². The van der Waals surface area contributed by atoms with Crippen LogP contribution >= 0.6 is 0 Å². The van der Waals surface area contributed by atoms with Gasteiger partial charge in [-0.15, -0.1) is 0 Å². The molecule has 1 unspecified atom stereocenters. The number of nitrogens with zero attached hydrogens (tertiary/aromatic N) is 1. The highest BCUT2D eigenvalue weighted by atomic mass is 19.1. The second-order valence-corrected chi connectivity index (χ2v) is 5.29. The Bertz CT molecular complexity index is 745. The number of nitrogens with one attached hydrogen (secondary N) is 1. The molecule has 2 amide bonds. The highest BCUT2D eigenvalue weighted by molar-refractivity contribution is 6.23. The van der Waals surface area contributed by atoms with Crippen molar-refractivity contribution in [2.45, 2.75) is 19.4 Å². The minimum Gasteiger partial charge on any atom is -0.373 e. The first kappa shape index (κ1) is 14.3. The first-order valence-electron chi connectivity index (χ1n) is 7.01. The third kappa shape index (κ3) is 2.57. The number of para-hydroxylation sites is 1. The van der Waals surface area contributed by atoms with Crippen molar-refractivity contribution in [3.63, 3.8) is 0 Å². The van der Waals surface area contributed by atoms with Crippen LogP contribution < -0.4 is 10.2 Å². The van der Waals surface area contributed by atoms with E-state index in [1.54, 1.807) is 6.07 Å². The average Bonchev–Trinajstić information content (AvgIpc) is 2.74. The van der Waals surface area contributed by atoms with Crippen LogP contribution in [0.15, 0.2) is 48.5 Å². The van der Waals surface area contributed by atoms with Gasteiger partial charge in [0.2, 0.25) is 5.91 Å². The van der Waals surface area contributed by atoms with Gasteiger partial charge in [-0.3, -0.25) is 9.59 Å². The van der Waals surface area contributed by atoms with Gasteiger partial charge in [0.25, 0.3) is 5.91 Å². The van der Waals surface area contributed by atoms with Crippen LogP contribution in [0, 0.1) is 12.7 Å². The Hall–Kier alpha value is -2.69. The van der Waals surface area contributed by atoms with Crippen LogP contribution in [0.2, 0.25) is 0 Å². The van der Waals surface area contributed by atoms with Gasteiger partial charge in [-0.25, -0.2) is 9.29 Å². The molecule has 2 aromatic rings. The molecule has 3 rings (SSSR count). The standard InChI is InChI=1S/C17H15FN2O2/c1-11-5-4-6-12(9-11)19-14-10-16(21)20(17(14)22)15-8-3-2-7-13(15)18/h2-9,14,19H,10H2,1H3. The van der Waals surface area contributed by atoms with E-state index in [-0.39, 0.29) is 12.1 Å². The monoisotopic (exact) mass is 298 g/mol. The van der Waals surface area contributed by atoms with Crippen molar-refractivity contribution in [1.29, 1.82) is 0 Å². The zero-order valence-corrected chi connectivity index (χ0v) is 12.0. The predicted octanol–water partition coefficient (Wildman–Crippen LogP) is 2.88. The van der Waals surface area contributed by atoms with Crippen molar-refractivity contribution in [2.75, 3.05) is 10.2 Å². The number of imide groups is 1. The van der Waals surface area contributed by atoms with Crippen LogP contribution in [0.4, 0.5) is 15.8 Å². The van der Waals surface area contributed by atoms with E-state index in [1.807, 2.05) is 31.2 Å². The summed E-state index contributed by atoms with van der Waals surface area (Å²) in [5, 5.41) is 3.05. The summed E-state index contributed by atoms with van der Waals surface area (Å²) in [6.07, 6.45) is 0.0150. The highest BCUT2D eigenvalue weighted by Crippen LogP contribution is 2.27. The number of hydrogen-bond donors (Lipinski definition) is 1. The van der Waals surface area contributed by atoms with Gasteiger partial charge in [0.05, 0.1) is 12.1 Å². The summed E-state index contributed by atoms with van der Waals surface area (Å²) in [6, 6.07) is 12.6. The van der Waals surface area contributed by atoms with Gasteiger partial charge in [-0.1, -0.05) is 24.3 Å². The molecule has 0 spiro atoms. The second-order valence-electron chi connectivity index (χ2n) is 5.29. The fourth-order valence-electron chi connectivity index (χ4n) is 2.57. The number of halogens is 1. The molecule has 112 valence electrons. The predicted molar refractivity (Wildman–Crippen MR) is 82.1 cm³/mol. The molecule has 0 saturated carbocycles. The van der Waals surface area contributed by atoms with E-state index in [0.717, 1.165) is 16.2 Å². The number of carbonyl (C=O) groups excluding carboxylic acids is 2. The van der Waals surface area contributed by atoms with Crippen LogP contribution in [0.3, 0.4) is 0 Å². The number of aryl methyl sites for hydroxylation is 1. The molecule has 0 aromatic heterocycles. The quantitative estimate of drug-likeness (QED) is 0.886. The lowest BCUT2D eigenvalue weighted by Gasteiger charge is -2.16. The number of rotatable bonds is 3. The Morgan fingerprint density at radius 1 is 1.14 bits per heavy atom. The Morgan fingerprint density at radius 3 is 2.64 bits per heavy atom. The SMILES string of the molecule is Cc1cccc(NC2CC(=O)N(c3ccccc3F)C2=O)c1. The lowest BCUT2D eigenvalue weighted by molar-refractivity contribution is -0.121. The van der Waals surface area contributed by atoms with Gasteiger partial charge in [-0.05, 0) is 36.8 Å². The molecule has 4 nitrogen and oxygen atoms in total. The van der Waals surface area contributed by atoms with Gasteiger partial charge in [0, 0.05) is 5.69 Å². The molecule has 1 fully saturated rings. The van der Waals surface area contributed by atoms with Crippen LogP contribution in [0.25, 0.3) is 0 Å². The van der Waals surface area contributed by atoms with Crippen LogP contribution in [-0.2, 0) is 9.59 Å². The van der Waals surface area contributed by atoms with Crippen molar-refractivity contribution in [3.05, 3.63) is 59.9 Å². The molecular weight excluding hydrogens is 283 g/mol. The van der Waals surface area contributed by atoms with Gasteiger partial charge >= 0.3 is 0 Å². The Morgan fingerprint density at radius 2 is 1.91 bits per heavy atom. The van der Waals surface area contributed by atoms with Crippen molar-refractivity contribution in [1.82, 2.24) is 0 Å². The van der Waals surface area contributed by atoms with Crippen LogP contribution in [-0.4, -0.2) is 17.9 Å². The molecule has 0 bridgehead atoms. The van der Waals surface area contributed by atoms with Gasteiger partial charge in [0.15, 0.2) is 0 Å². The average molecular weight is 298 g/mol. The molecule has 0 aliphatic carbocycles. The number of anilines is 2. The Balaban J connectivity index is 1.84. The molecule has 1 saturated heterocycles. The second kappa shape index (κ2) is 5.60. The summed E-state index contributed by atoms with van der Waals surface area (Å²) in [6.45, 7) is 1.94. The van der Waals surface area contributed by atoms with E-state index < -0.39 is 23.7 Å². The lowest BCUT2D eigenvalue weighted by Crippen LogP contribution is -2.35. The minimum atomic E-state index is -0.672. The topological polar surface area (TPSA) is 49.4 Å². The minimum absolute atomic E-state index is 0.00559. The summed E-state index contributed by atoms with van der Waals surface area (Å²) in [5.74, 6) is -1.42. The summed E-state index contributed by atoms with van der Waals surface area (Å²) in [5.41, 5.74) is 1.82. The van der Waals surface area contributed by atoms with Gasteiger partial charge < -0.3 is 5.32 Å². The van der Waals surface area contributed by atoms with Gasteiger partial charge in [0.1, 0.15) is 11.9 Å². The van der Waals surface area contributed by atoms with E-state index >= 15 is 0 Å². The number of amides is 2.